The van der Waals surface area contributed by atoms with Gasteiger partial charge in [-0.1, -0.05) is 0 Å². The maximum atomic E-state index is 12.7. The summed E-state index contributed by atoms with van der Waals surface area (Å²) in [6.07, 6.45) is 2.81. The Morgan fingerprint density at radius 2 is 2.00 bits per heavy atom. The van der Waals surface area contributed by atoms with Gasteiger partial charge in [0, 0.05) is 31.2 Å². The van der Waals surface area contributed by atoms with Crippen molar-refractivity contribution < 1.29 is 8.78 Å². The molecule has 0 spiro atoms. The molecule has 4 nitrogen and oxygen atoms in total. The molecule has 3 rings (SSSR count). The van der Waals surface area contributed by atoms with Crippen LogP contribution in [0.4, 0.5) is 8.78 Å². The minimum Gasteiger partial charge on any atom is -0.325 e. The summed E-state index contributed by atoms with van der Waals surface area (Å²) in [5.74, 6) is -2.14. The molecule has 1 saturated carbocycles. The fourth-order valence-corrected chi connectivity index (χ4v) is 1.81. The van der Waals surface area contributed by atoms with E-state index in [1.807, 2.05) is 0 Å². The third-order valence-corrected chi connectivity index (χ3v) is 2.63. The molecule has 0 aliphatic heterocycles. The molecule has 6 heteroatoms. The number of hydrogen-bond acceptors (Lipinski definition) is 3. The average Bonchev–Trinajstić information content (AvgIpc) is 2.56. The summed E-state index contributed by atoms with van der Waals surface area (Å²) < 4.78 is 25.3. The second-order valence-electron chi connectivity index (χ2n) is 3.81. The van der Waals surface area contributed by atoms with E-state index in [1.54, 1.807) is 6.20 Å². The first-order valence-electron chi connectivity index (χ1n) is 4.68. The Labute approximate surface area is 83.8 Å². The summed E-state index contributed by atoms with van der Waals surface area (Å²) in [4.78, 5) is 15.1. The van der Waals surface area contributed by atoms with E-state index in [1.165, 1.54) is 6.20 Å². The van der Waals surface area contributed by atoms with Gasteiger partial charge in [0.25, 0.3) is 0 Å². The molecule has 2 aromatic heterocycles. The van der Waals surface area contributed by atoms with Gasteiger partial charge in [-0.05, 0) is 0 Å². The zero-order chi connectivity index (χ0) is 10.5. The van der Waals surface area contributed by atoms with Crippen LogP contribution in [-0.2, 0) is 0 Å². The molecule has 0 saturated heterocycles. The highest BCUT2D eigenvalue weighted by molar-refractivity contribution is 5.64. The Hall–Kier alpha value is -1.59. The van der Waals surface area contributed by atoms with Crippen molar-refractivity contribution >= 4 is 11.3 Å². The Morgan fingerprint density at radius 1 is 1.27 bits per heavy atom. The first-order valence-corrected chi connectivity index (χ1v) is 4.68. The van der Waals surface area contributed by atoms with E-state index < -0.39 is 5.92 Å². The quantitative estimate of drug-likeness (QED) is 0.781. The van der Waals surface area contributed by atoms with Crippen LogP contribution in [0.15, 0.2) is 12.4 Å². The monoisotopic (exact) mass is 210 g/mol. The number of imidazole rings is 1. The number of nitrogens with zero attached hydrogens (tertiary/aromatic N) is 3. The van der Waals surface area contributed by atoms with Crippen molar-refractivity contribution in [2.24, 2.45) is 0 Å². The summed E-state index contributed by atoms with van der Waals surface area (Å²) in [7, 11) is 0. The van der Waals surface area contributed by atoms with E-state index in [-0.39, 0.29) is 18.8 Å². The largest absolute Gasteiger partial charge is 0.325 e. The summed E-state index contributed by atoms with van der Waals surface area (Å²) >= 11 is 0. The summed E-state index contributed by atoms with van der Waals surface area (Å²) in [6, 6.07) is 0. The number of alkyl halides is 2. The second kappa shape index (κ2) is 2.71. The highest BCUT2D eigenvalue weighted by Crippen LogP contribution is 2.47. The predicted molar refractivity (Wildman–Crippen MR) is 48.6 cm³/mol. The fraction of sp³-hybridized carbons (Fsp3) is 0.444. The number of nitrogens with one attached hydrogen (secondary N) is 1. The molecule has 1 N–H and O–H groups in total. The van der Waals surface area contributed by atoms with Crippen molar-refractivity contribution in [3.05, 3.63) is 18.2 Å². The molecule has 0 unspecified atom stereocenters. The third-order valence-electron chi connectivity index (χ3n) is 2.63. The Bertz CT molecular complexity index is 467. The molecule has 1 aliphatic rings. The zero-order valence-corrected chi connectivity index (χ0v) is 7.74. The van der Waals surface area contributed by atoms with E-state index >= 15 is 0 Å². The van der Waals surface area contributed by atoms with Gasteiger partial charge in [0.2, 0.25) is 5.92 Å². The van der Waals surface area contributed by atoms with Crippen molar-refractivity contribution in [1.29, 1.82) is 0 Å². The van der Waals surface area contributed by atoms with E-state index in [0.29, 0.717) is 17.1 Å². The molecule has 0 aromatic carbocycles. The van der Waals surface area contributed by atoms with Gasteiger partial charge in [0.15, 0.2) is 11.3 Å². The molecular weight excluding hydrogens is 202 g/mol. The molecule has 1 aliphatic carbocycles. The van der Waals surface area contributed by atoms with Crippen molar-refractivity contribution in [1.82, 2.24) is 19.9 Å². The van der Waals surface area contributed by atoms with Gasteiger partial charge in [0.05, 0.1) is 0 Å². The van der Waals surface area contributed by atoms with Crippen molar-refractivity contribution in [3.63, 3.8) is 0 Å². The molecule has 0 atom stereocenters. The lowest BCUT2D eigenvalue weighted by molar-refractivity contribution is -0.0883. The summed E-state index contributed by atoms with van der Waals surface area (Å²) in [5, 5.41) is 0. The van der Waals surface area contributed by atoms with Gasteiger partial charge in [-0.2, -0.15) is 0 Å². The van der Waals surface area contributed by atoms with Crippen LogP contribution < -0.4 is 0 Å². The minimum absolute atomic E-state index is 0.132. The van der Waals surface area contributed by atoms with Gasteiger partial charge in [-0.25, -0.2) is 23.7 Å². The first kappa shape index (κ1) is 8.70. The number of hydrogen-bond donors (Lipinski definition) is 1. The molecule has 2 aromatic rings. The van der Waals surface area contributed by atoms with Crippen LogP contribution in [0.3, 0.4) is 0 Å². The van der Waals surface area contributed by atoms with Crippen molar-refractivity contribution in [2.75, 3.05) is 0 Å². The van der Waals surface area contributed by atoms with Gasteiger partial charge in [-0.15, -0.1) is 0 Å². The molecule has 78 valence electrons. The number of aromatic amines is 1. The van der Waals surface area contributed by atoms with Crippen LogP contribution in [-0.4, -0.2) is 25.9 Å². The molecular formula is C9H8F2N4. The minimum atomic E-state index is -2.52. The summed E-state index contributed by atoms with van der Waals surface area (Å²) in [6.45, 7) is 0. The van der Waals surface area contributed by atoms with Crippen LogP contribution in [0.25, 0.3) is 11.3 Å². The first-order chi connectivity index (χ1) is 7.14. The predicted octanol–water partition coefficient (Wildman–Crippen LogP) is 1.87. The normalized spacial score (nSPS) is 20.4. The van der Waals surface area contributed by atoms with Crippen LogP contribution in [0.1, 0.15) is 24.6 Å². The SMILES string of the molecule is FC1(F)CC(c2nc3nccnc3[nH]2)C1. The van der Waals surface area contributed by atoms with Gasteiger partial charge in [0.1, 0.15) is 5.82 Å². The molecule has 15 heavy (non-hydrogen) atoms. The Kier molecular flexibility index (Phi) is 1.57. The molecule has 0 radical (unpaired) electrons. The molecule has 2 heterocycles. The van der Waals surface area contributed by atoms with E-state index in [0.717, 1.165) is 0 Å². The van der Waals surface area contributed by atoms with Crippen LogP contribution >= 0.6 is 0 Å². The number of H-pyrrole nitrogens is 1. The zero-order valence-electron chi connectivity index (χ0n) is 7.74. The van der Waals surface area contributed by atoms with Crippen LogP contribution in [0.5, 0.6) is 0 Å². The smallest absolute Gasteiger partial charge is 0.249 e. The number of fused-ring (bicyclic) bond motifs is 1. The third kappa shape index (κ3) is 1.36. The molecule has 0 bridgehead atoms. The van der Waals surface area contributed by atoms with Crippen LogP contribution in [0, 0.1) is 0 Å². The maximum Gasteiger partial charge on any atom is 0.249 e. The molecule has 1 fully saturated rings. The van der Waals surface area contributed by atoms with E-state index in [4.69, 9.17) is 0 Å². The fourth-order valence-electron chi connectivity index (χ4n) is 1.81. The number of aromatic nitrogens is 4. The highest BCUT2D eigenvalue weighted by atomic mass is 19.3. The van der Waals surface area contributed by atoms with E-state index in [2.05, 4.69) is 19.9 Å². The van der Waals surface area contributed by atoms with Gasteiger partial charge >= 0.3 is 0 Å². The summed E-state index contributed by atoms with van der Waals surface area (Å²) in [5.41, 5.74) is 1.05. The lowest BCUT2D eigenvalue weighted by Gasteiger charge is -2.33. The second-order valence-corrected chi connectivity index (χ2v) is 3.81. The lowest BCUT2D eigenvalue weighted by Crippen LogP contribution is -2.34. The number of halogens is 2. The van der Waals surface area contributed by atoms with Crippen LogP contribution in [0.2, 0.25) is 0 Å². The van der Waals surface area contributed by atoms with Crippen molar-refractivity contribution in [3.8, 4) is 0 Å². The Morgan fingerprint density at radius 3 is 2.67 bits per heavy atom. The molecule has 0 amide bonds. The number of rotatable bonds is 1. The maximum absolute atomic E-state index is 12.7. The lowest BCUT2D eigenvalue weighted by atomic mass is 9.81. The van der Waals surface area contributed by atoms with E-state index in [9.17, 15) is 8.78 Å². The average molecular weight is 210 g/mol. The standard InChI is InChI=1S/C9H8F2N4/c10-9(11)3-5(4-9)6-14-7-8(15-6)13-2-1-12-7/h1-2,5H,3-4H2,(H,12,13,14,15). The Balaban J connectivity index is 1.93. The highest BCUT2D eigenvalue weighted by Gasteiger charge is 2.47. The topological polar surface area (TPSA) is 54.5 Å². The van der Waals surface area contributed by atoms with Gasteiger partial charge in [-0.3, -0.25) is 0 Å². The van der Waals surface area contributed by atoms with Crippen molar-refractivity contribution in [2.45, 2.75) is 24.7 Å². The van der Waals surface area contributed by atoms with Gasteiger partial charge < -0.3 is 4.98 Å².